The van der Waals surface area contributed by atoms with Gasteiger partial charge < -0.3 is 9.64 Å². The van der Waals surface area contributed by atoms with Crippen molar-refractivity contribution in [3.63, 3.8) is 0 Å². The molecule has 1 aromatic rings. The van der Waals surface area contributed by atoms with E-state index < -0.39 is 23.5 Å². The van der Waals surface area contributed by atoms with Crippen molar-refractivity contribution in [2.75, 3.05) is 19.7 Å². The Morgan fingerprint density at radius 1 is 1.38 bits per heavy atom. The van der Waals surface area contributed by atoms with E-state index in [0.717, 1.165) is 4.90 Å². The lowest BCUT2D eigenvalue weighted by atomic mass is 10.2. The number of halogens is 3. The van der Waals surface area contributed by atoms with Gasteiger partial charge >= 0.3 is 5.97 Å². The van der Waals surface area contributed by atoms with Gasteiger partial charge in [-0.3, -0.25) is 9.59 Å². The van der Waals surface area contributed by atoms with Crippen molar-refractivity contribution < 1.29 is 23.1 Å². The fraction of sp³-hybridized carbons (Fsp3) is 0.286. The predicted octanol–water partition coefficient (Wildman–Crippen LogP) is 2.81. The minimum Gasteiger partial charge on any atom is -0.465 e. The topological polar surface area (TPSA) is 46.6 Å². The second kappa shape index (κ2) is 7.73. The average Bonchev–Trinajstić information content (AvgIpc) is 2.42. The molecule has 0 bridgehead atoms. The smallest absolute Gasteiger partial charge is 0.325 e. The number of nitrogens with zero attached hydrogens (tertiary/aromatic N) is 1. The lowest BCUT2D eigenvalue weighted by molar-refractivity contribution is -0.143. The number of rotatable bonds is 6. The number of hydrogen-bond donors (Lipinski definition) is 0. The largest absolute Gasteiger partial charge is 0.465 e. The molecule has 0 saturated carbocycles. The Morgan fingerprint density at radius 2 is 2.00 bits per heavy atom. The minimum atomic E-state index is -1.20. The van der Waals surface area contributed by atoms with E-state index in [1.54, 1.807) is 6.92 Å². The van der Waals surface area contributed by atoms with Gasteiger partial charge in [-0.25, -0.2) is 8.78 Å². The summed E-state index contributed by atoms with van der Waals surface area (Å²) in [6.07, 6.45) is 1.39. The number of amides is 1. The summed E-state index contributed by atoms with van der Waals surface area (Å²) in [6, 6.07) is 1.40. The van der Waals surface area contributed by atoms with E-state index in [4.69, 9.17) is 16.3 Å². The highest BCUT2D eigenvalue weighted by atomic mass is 35.5. The summed E-state index contributed by atoms with van der Waals surface area (Å²) in [4.78, 5) is 24.8. The molecule has 0 aliphatic carbocycles. The summed E-state index contributed by atoms with van der Waals surface area (Å²) in [5, 5.41) is -0.239. The molecule has 0 spiro atoms. The first kappa shape index (κ1) is 17.1. The van der Waals surface area contributed by atoms with Crippen LogP contribution in [0.3, 0.4) is 0 Å². The van der Waals surface area contributed by atoms with E-state index in [0.29, 0.717) is 12.1 Å². The van der Waals surface area contributed by atoms with Gasteiger partial charge in [-0.1, -0.05) is 17.7 Å². The van der Waals surface area contributed by atoms with E-state index in [2.05, 4.69) is 6.58 Å². The second-order valence-electron chi connectivity index (χ2n) is 4.03. The molecule has 1 aromatic carbocycles. The van der Waals surface area contributed by atoms with Gasteiger partial charge in [0.2, 0.25) is 0 Å². The molecule has 0 saturated heterocycles. The molecule has 0 unspecified atom stereocenters. The molecule has 0 atom stereocenters. The molecule has 4 nitrogen and oxygen atoms in total. The molecule has 1 amide bonds. The molecule has 0 radical (unpaired) electrons. The molecule has 21 heavy (non-hydrogen) atoms. The van der Waals surface area contributed by atoms with Crippen LogP contribution in [0.2, 0.25) is 5.02 Å². The number of carbonyl (C=O) groups is 2. The van der Waals surface area contributed by atoms with Gasteiger partial charge in [-0.2, -0.15) is 0 Å². The molecule has 0 aromatic heterocycles. The van der Waals surface area contributed by atoms with Crippen molar-refractivity contribution in [1.29, 1.82) is 0 Å². The molecule has 0 N–H and O–H groups in total. The SMILES string of the molecule is C=CCN(CC(=O)OCC)C(=O)c1cc(F)c(F)cc1Cl. The van der Waals surface area contributed by atoms with Crippen molar-refractivity contribution in [2.45, 2.75) is 6.92 Å². The molecule has 0 aliphatic rings. The van der Waals surface area contributed by atoms with Crippen molar-refractivity contribution in [2.24, 2.45) is 0 Å². The Morgan fingerprint density at radius 3 is 2.57 bits per heavy atom. The van der Waals surface area contributed by atoms with Crippen LogP contribution in [-0.4, -0.2) is 36.5 Å². The molecule has 0 aliphatic heterocycles. The summed E-state index contributed by atoms with van der Waals surface area (Å²) >= 11 is 5.74. The van der Waals surface area contributed by atoms with Crippen LogP contribution in [0.25, 0.3) is 0 Å². The molecular weight excluding hydrogens is 304 g/mol. The lowest BCUT2D eigenvalue weighted by Gasteiger charge is -2.20. The number of hydrogen-bond acceptors (Lipinski definition) is 3. The van der Waals surface area contributed by atoms with Crippen molar-refractivity contribution >= 4 is 23.5 Å². The predicted molar refractivity (Wildman–Crippen MR) is 74.1 cm³/mol. The molecule has 1 rings (SSSR count). The van der Waals surface area contributed by atoms with E-state index in [9.17, 15) is 18.4 Å². The van der Waals surface area contributed by atoms with Crippen molar-refractivity contribution in [3.8, 4) is 0 Å². The highest BCUT2D eigenvalue weighted by molar-refractivity contribution is 6.33. The number of esters is 1. The van der Waals surface area contributed by atoms with Gasteiger partial charge in [-0.05, 0) is 19.1 Å². The molecule has 0 fully saturated rings. The standard InChI is InChI=1S/C14H14ClF2NO3/c1-3-5-18(8-13(19)21-4-2)14(20)9-6-11(16)12(17)7-10(9)15/h3,6-7H,1,4-5,8H2,2H3. The van der Waals surface area contributed by atoms with Gasteiger partial charge in [0.05, 0.1) is 17.2 Å². The third-order valence-electron chi connectivity index (χ3n) is 2.50. The zero-order chi connectivity index (χ0) is 16.0. The summed E-state index contributed by atoms with van der Waals surface area (Å²) in [6.45, 7) is 4.96. The lowest BCUT2D eigenvalue weighted by Crippen LogP contribution is -2.36. The highest BCUT2D eigenvalue weighted by Crippen LogP contribution is 2.21. The van der Waals surface area contributed by atoms with E-state index >= 15 is 0 Å². The van der Waals surface area contributed by atoms with Crippen LogP contribution in [0.15, 0.2) is 24.8 Å². The van der Waals surface area contributed by atoms with Crippen LogP contribution in [0.1, 0.15) is 17.3 Å². The molecule has 0 heterocycles. The quantitative estimate of drug-likeness (QED) is 0.460. The van der Waals surface area contributed by atoms with Crippen LogP contribution in [0.4, 0.5) is 8.78 Å². The first-order valence-corrected chi connectivity index (χ1v) is 6.48. The second-order valence-corrected chi connectivity index (χ2v) is 4.43. The monoisotopic (exact) mass is 317 g/mol. The van der Waals surface area contributed by atoms with Crippen LogP contribution in [0, 0.1) is 11.6 Å². The fourth-order valence-electron chi connectivity index (χ4n) is 1.59. The van der Waals surface area contributed by atoms with Crippen molar-refractivity contribution in [1.82, 2.24) is 4.90 Å². The molecule has 7 heteroatoms. The van der Waals surface area contributed by atoms with Crippen LogP contribution in [-0.2, 0) is 9.53 Å². The average molecular weight is 318 g/mol. The van der Waals surface area contributed by atoms with Gasteiger partial charge in [-0.15, -0.1) is 6.58 Å². The third kappa shape index (κ3) is 4.53. The molecule has 114 valence electrons. The number of benzene rings is 1. The maximum atomic E-state index is 13.2. The maximum Gasteiger partial charge on any atom is 0.325 e. The normalized spacial score (nSPS) is 10.1. The number of carbonyl (C=O) groups excluding carboxylic acids is 2. The Labute approximate surface area is 125 Å². The zero-order valence-corrected chi connectivity index (χ0v) is 12.1. The van der Waals surface area contributed by atoms with E-state index in [-0.39, 0.29) is 30.3 Å². The maximum absolute atomic E-state index is 13.2. The summed E-state index contributed by atoms with van der Waals surface area (Å²) in [5.74, 6) is -3.69. The first-order valence-electron chi connectivity index (χ1n) is 6.11. The van der Waals surface area contributed by atoms with E-state index in [1.165, 1.54) is 6.08 Å². The van der Waals surface area contributed by atoms with Gasteiger partial charge in [0.25, 0.3) is 5.91 Å². The Kier molecular flexibility index (Phi) is 6.30. The van der Waals surface area contributed by atoms with Crippen LogP contribution in [0.5, 0.6) is 0 Å². The molecular formula is C14H14ClF2NO3. The summed E-state index contributed by atoms with van der Waals surface area (Å²) < 4.78 is 31.0. The Bertz CT molecular complexity index is 563. The van der Waals surface area contributed by atoms with E-state index in [1.807, 2.05) is 0 Å². The summed E-state index contributed by atoms with van der Waals surface area (Å²) in [7, 11) is 0. The van der Waals surface area contributed by atoms with Gasteiger partial charge in [0, 0.05) is 6.54 Å². The fourth-order valence-corrected chi connectivity index (χ4v) is 1.83. The van der Waals surface area contributed by atoms with Crippen LogP contribution < -0.4 is 0 Å². The Hall–Kier alpha value is -1.95. The van der Waals surface area contributed by atoms with Gasteiger partial charge in [0.1, 0.15) is 6.54 Å². The zero-order valence-electron chi connectivity index (χ0n) is 11.4. The third-order valence-corrected chi connectivity index (χ3v) is 2.82. The highest BCUT2D eigenvalue weighted by Gasteiger charge is 2.22. The van der Waals surface area contributed by atoms with Crippen LogP contribution >= 0.6 is 11.6 Å². The minimum absolute atomic E-state index is 0.0347. The number of ether oxygens (including phenoxy) is 1. The summed E-state index contributed by atoms with van der Waals surface area (Å²) in [5.41, 5.74) is -0.235. The van der Waals surface area contributed by atoms with Gasteiger partial charge in [0.15, 0.2) is 11.6 Å². The van der Waals surface area contributed by atoms with Crippen molar-refractivity contribution in [3.05, 3.63) is 47.0 Å². The Balaban J connectivity index is 3.03. The first-order chi connectivity index (χ1) is 9.90.